The van der Waals surface area contributed by atoms with Gasteiger partial charge in [-0.3, -0.25) is 0 Å². The molecule has 0 aromatic heterocycles. The Labute approximate surface area is 121 Å². The number of hydrogen-bond acceptors (Lipinski definition) is 2. The monoisotopic (exact) mass is 317 g/mol. The van der Waals surface area contributed by atoms with E-state index in [4.69, 9.17) is 4.74 Å². The van der Waals surface area contributed by atoms with Gasteiger partial charge in [0, 0.05) is 11.0 Å². The van der Waals surface area contributed by atoms with Gasteiger partial charge in [0.25, 0.3) is 0 Å². The van der Waals surface area contributed by atoms with E-state index in [1.54, 1.807) is 0 Å². The zero-order valence-corrected chi connectivity index (χ0v) is 12.2. The summed E-state index contributed by atoms with van der Waals surface area (Å²) in [4.78, 5) is 0. The van der Waals surface area contributed by atoms with E-state index in [1.165, 1.54) is 16.7 Å². The summed E-state index contributed by atoms with van der Waals surface area (Å²) in [5.41, 5.74) is 3.92. The van der Waals surface area contributed by atoms with E-state index < -0.39 is 0 Å². The van der Waals surface area contributed by atoms with Gasteiger partial charge in [0.1, 0.15) is 0 Å². The molecule has 0 saturated carbocycles. The van der Waals surface area contributed by atoms with Crippen LogP contribution in [-0.2, 0) is 17.9 Å². The highest BCUT2D eigenvalue weighted by molar-refractivity contribution is 9.10. The number of ether oxygens (including phenoxy) is 1. The van der Waals surface area contributed by atoms with Crippen LogP contribution >= 0.6 is 15.9 Å². The molecule has 1 atom stereocenters. The maximum Gasteiger partial charge on any atom is 0.0721 e. The number of rotatable bonds is 3. The van der Waals surface area contributed by atoms with Crippen molar-refractivity contribution in [3.8, 4) is 0 Å². The quantitative estimate of drug-likeness (QED) is 0.929. The zero-order chi connectivity index (χ0) is 13.1. The molecule has 1 heterocycles. The maximum atomic E-state index is 5.65. The third-order valence-corrected chi connectivity index (χ3v) is 4.24. The number of hydrogen-bond donors (Lipinski definition) is 1. The first-order valence-electron chi connectivity index (χ1n) is 6.47. The fourth-order valence-electron chi connectivity index (χ4n) is 2.43. The molecule has 0 radical (unpaired) electrons. The van der Waals surface area contributed by atoms with E-state index in [-0.39, 0.29) is 6.04 Å². The lowest BCUT2D eigenvalue weighted by Crippen LogP contribution is -2.29. The van der Waals surface area contributed by atoms with Crippen LogP contribution in [-0.4, -0.2) is 6.61 Å². The highest BCUT2D eigenvalue weighted by Gasteiger charge is 2.19. The smallest absolute Gasteiger partial charge is 0.0721 e. The third kappa shape index (κ3) is 2.89. The molecule has 0 saturated heterocycles. The SMILES string of the molecule is Brc1ccccc1CNC1COCc2ccccc21. The molecule has 3 heteroatoms. The van der Waals surface area contributed by atoms with Crippen LogP contribution in [0.2, 0.25) is 0 Å². The normalized spacial score (nSPS) is 18.1. The van der Waals surface area contributed by atoms with Crippen molar-refractivity contribution in [3.05, 3.63) is 69.7 Å². The highest BCUT2D eigenvalue weighted by atomic mass is 79.9. The minimum Gasteiger partial charge on any atom is -0.375 e. The van der Waals surface area contributed by atoms with Crippen LogP contribution < -0.4 is 5.32 Å². The Morgan fingerprint density at radius 3 is 2.79 bits per heavy atom. The minimum absolute atomic E-state index is 0.275. The molecule has 2 nitrogen and oxygen atoms in total. The van der Waals surface area contributed by atoms with Gasteiger partial charge in [0.15, 0.2) is 0 Å². The van der Waals surface area contributed by atoms with E-state index in [0.717, 1.165) is 24.2 Å². The summed E-state index contributed by atoms with van der Waals surface area (Å²) in [6, 6.07) is 17.1. The van der Waals surface area contributed by atoms with Gasteiger partial charge in [0.2, 0.25) is 0 Å². The number of benzene rings is 2. The van der Waals surface area contributed by atoms with Crippen molar-refractivity contribution in [2.75, 3.05) is 6.61 Å². The number of fused-ring (bicyclic) bond motifs is 1. The van der Waals surface area contributed by atoms with Crippen molar-refractivity contribution in [3.63, 3.8) is 0 Å². The van der Waals surface area contributed by atoms with Gasteiger partial charge < -0.3 is 10.1 Å². The molecule has 3 rings (SSSR count). The average Bonchev–Trinajstić information content (AvgIpc) is 2.46. The molecule has 98 valence electrons. The summed E-state index contributed by atoms with van der Waals surface area (Å²) < 4.78 is 6.80. The molecule has 2 aromatic carbocycles. The summed E-state index contributed by atoms with van der Waals surface area (Å²) in [5, 5.41) is 3.58. The molecule has 1 aliphatic rings. The van der Waals surface area contributed by atoms with Crippen LogP contribution in [0.5, 0.6) is 0 Å². The van der Waals surface area contributed by atoms with E-state index in [2.05, 4.69) is 63.7 Å². The Kier molecular flexibility index (Phi) is 3.97. The second-order valence-corrected chi connectivity index (χ2v) is 5.59. The van der Waals surface area contributed by atoms with E-state index >= 15 is 0 Å². The summed E-state index contributed by atoms with van der Waals surface area (Å²) in [6.45, 7) is 2.30. The number of halogens is 1. The van der Waals surface area contributed by atoms with E-state index in [1.807, 2.05) is 6.07 Å². The van der Waals surface area contributed by atoms with Crippen molar-refractivity contribution in [2.24, 2.45) is 0 Å². The van der Waals surface area contributed by atoms with Gasteiger partial charge in [0.05, 0.1) is 19.3 Å². The van der Waals surface area contributed by atoms with Crippen molar-refractivity contribution >= 4 is 15.9 Å². The Hall–Kier alpha value is -1.16. The fraction of sp³-hybridized carbons (Fsp3) is 0.250. The van der Waals surface area contributed by atoms with E-state index in [0.29, 0.717) is 0 Å². The third-order valence-electron chi connectivity index (χ3n) is 3.47. The van der Waals surface area contributed by atoms with Crippen LogP contribution in [0.4, 0.5) is 0 Å². The molecule has 1 aliphatic heterocycles. The van der Waals surface area contributed by atoms with Crippen molar-refractivity contribution in [1.29, 1.82) is 0 Å². The molecule has 1 N–H and O–H groups in total. The molecular formula is C16H16BrNO. The molecule has 0 amide bonds. The summed E-state index contributed by atoms with van der Waals surface area (Å²) >= 11 is 3.58. The van der Waals surface area contributed by atoms with Gasteiger partial charge in [-0.25, -0.2) is 0 Å². The largest absolute Gasteiger partial charge is 0.375 e. The summed E-state index contributed by atoms with van der Waals surface area (Å²) in [6.07, 6.45) is 0. The van der Waals surface area contributed by atoms with Crippen LogP contribution in [0.15, 0.2) is 53.0 Å². The Balaban J connectivity index is 1.73. The second-order valence-electron chi connectivity index (χ2n) is 4.74. The van der Waals surface area contributed by atoms with Crippen molar-refractivity contribution in [2.45, 2.75) is 19.2 Å². The molecule has 0 fully saturated rings. The topological polar surface area (TPSA) is 21.3 Å². The first-order chi connectivity index (χ1) is 9.34. The molecule has 0 spiro atoms. The number of nitrogens with one attached hydrogen (secondary N) is 1. The molecule has 0 bridgehead atoms. The summed E-state index contributed by atoms with van der Waals surface area (Å²) in [7, 11) is 0. The van der Waals surface area contributed by atoms with Crippen LogP contribution in [0.25, 0.3) is 0 Å². The average molecular weight is 318 g/mol. The Bertz CT molecular complexity index is 570. The Morgan fingerprint density at radius 1 is 1.11 bits per heavy atom. The van der Waals surface area contributed by atoms with Gasteiger partial charge in [-0.2, -0.15) is 0 Å². The van der Waals surface area contributed by atoms with Crippen LogP contribution in [0, 0.1) is 0 Å². The highest BCUT2D eigenvalue weighted by Crippen LogP contribution is 2.25. The maximum absolute atomic E-state index is 5.65. The fourth-order valence-corrected chi connectivity index (χ4v) is 2.85. The first kappa shape index (κ1) is 12.9. The lowest BCUT2D eigenvalue weighted by atomic mass is 9.99. The molecule has 1 unspecified atom stereocenters. The lowest BCUT2D eigenvalue weighted by molar-refractivity contribution is 0.0816. The molecule has 0 aliphatic carbocycles. The van der Waals surface area contributed by atoms with Crippen LogP contribution in [0.3, 0.4) is 0 Å². The van der Waals surface area contributed by atoms with Crippen LogP contribution in [0.1, 0.15) is 22.7 Å². The predicted molar refractivity (Wildman–Crippen MR) is 79.8 cm³/mol. The molecular weight excluding hydrogens is 302 g/mol. The van der Waals surface area contributed by atoms with Gasteiger partial charge in [-0.1, -0.05) is 58.4 Å². The van der Waals surface area contributed by atoms with Gasteiger partial charge >= 0.3 is 0 Å². The van der Waals surface area contributed by atoms with Gasteiger partial charge in [-0.15, -0.1) is 0 Å². The van der Waals surface area contributed by atoms with Crippen molar-refractivity contribution < 1.29 is 4.74 Å². The molecule has 19 heavy (non-hydrogen) atoms. The minimum atomic E-state index is 0.275. The first-order valence-corrected chi connectivity index (χ1v) is 7.26. The molecule has 2 aromatic rings. The standard InChI is InChI=1S/C16H16BrNO/c17-15-8-4-2-5-12(15)9-18-16-11-19-10-13-6-1-3-7-14(13)16/h1-8,16,18H,9-11H2. The zero-order valence-electron chi connectivity index (χ0n) is 10.6. The van der Waals surface area contributed by atoms with E-state index in [9.17, 15) is 0 Å². The van der Waals surface area contributed by atoms with Gasteiger partial charge in [-0.05, 0) is 22.8 Å². The lowest BCUT2D eigenvalue weighted by Gasteiger charge is -2.26. The second kappa shape index (κ2) is 5.87. The Morgan fingerprint density at radius 2 is 1.89 bits per heavy atom. The van der Waals surface area contributed by atoms with Crippen molar-refractivity contribution in [1.82, 2.24) is 5.32 Å². The predicted octanol–water partition coefficient (Wildman–Crippen LogP) is 3.81. The summed E-state index contributed by atoms with van der Waals surface area (Å²) in [5.74, 6) is 0.